The summed E-state index contributed by atoms with van der Waals surface area (Å²) < 4.78 is 0. The molecule has 0 heterocycles. The van der Waals surface area contributed by atoms with Crippen LogP contribution in [-0.2, 0) is 4.79 Å². The van der Waals surface area contributed by atoms with Crippen LogP contribution >= 0.6 is 0 Å². The van der Waals surface area contributed by atoms with Gasteiger partial charge in [-0.05, 0) is 31.1 Å². The Hall–Kier alpha value is -0.830. The minimum Gasteiger partial charge on any atom is -0.478 e. The molecule has 0 aliphatic heterocycles. The SMILES string of the molecule is CC/C(=C/CNC1CCC(CC)C1C)C(=O)O. The second-order valence-electron chi connectivity index (χ2n) is 5.01. The van der Waals surface area contributed by atoms with E-state index in [4.69, 9.17) is 5.11 Å². The molecule has 2 N–H and O–H groups in total. The Morgan fingerprint density at radius 2 is 2.12 bits per heavy atom. The lowest BCUT2D eigenvalue weighted by atomic mass is 9.93. The maximum absolute atomic E-state index is 10.8. The topological polar surface area (TPSA) is 49.3 Å². The molecule has 0 saturated heterocycles. The lowest BCUT2D eigenvalue weighted by Gasteiger charge is -2.20. The lowest BCUT2D eigenvalue weighted by molar-refractivity contribution is -0.132. The first-order valence-corrected chi connectivity index (χ1v) is 6.75. The molecule has 3 nitrogen and oxygen atoms in total. The summed E-state index contributed by atoms with van der Waals surface area (Å²) in [6.07, 6.45) is 6.19. The Bertz CT molecular complexity index is 286. The molecule has 17 heavy (non-hydrogen) atoms. The summed E-state index contributed by atoms with van der Waals surface area (Å²) in [4.78, 5) is 10.8. The van der Waals surface area contributed by atoms with Crippen molar-refractivity contribution in [2.24, 2.45) is 11.8 Å². The first-order chi connectivity index (χ1) is 8.10. The first kappa shape index (κ1) is 14.2. The summed E-state index contributed by atoms with van der Waals surface area (Å²) in [6.45, 7) is 7.12. The molecule has 3 atom stereocenters. The number of carbonyl (C=O) groups is 1. The van der Waals surface area contributed by atoms with Gasteiger partial charge in [0.2, 0.25) is 0 Å². The molecule has 3 heteroatoms. The zero-order chi connectivity index (χ0) is 12.8. The molecule has 3 unspecified atom stereocenters. The molecule has 0 radical (unpaired) electrons. The van der Waals surface area contributed by atoms with Crippen LogP contribution in [0.1, 0.15) is 46.5 Å². The van der Waals surface area contributed by atoms with Crippen molar-refractivity contribution in [1.29, 1.82) is 0 Å². The van der Waals surface area contributed by atoms with Crippen LogP contribution in [0.3, 0.4) is 0 Å². The molecule has 1 rings (SSSR count). The van der Waals surface area contributed by atoms with Gasteiger partial charge in [0.1, 0.15) is 0 Å². The van der Waals surface area contributed by atoms with Crippen LogP contribution in [0.4, 0.5) is 0 Å². The summed E-state index contributed by atoms with van der Waals surface area (Å²) in [7, 11) is 0. The zero-order valence-electron chi connectivity index (χ0n) is 11.2. The molecule has 0 aromatic heterocycles. The average Bonchev–Trinajstić information content (AvgIpc) is 2.65. The number of rotatable bonds is 6. The Kier molecular flexibility index (Phi) is 5.69. The number of carboxylic acid groups (broad SMARTS) is 1. The van der Waals surface area contributed by atoms with Gasteiger partial charge in [-0.3, -0.25) is 0 Å². The highest BCUT2D eigenvalue weighted by Crippen LogP contribution is 2.33. The van der Waals surface area contributed by atoms with Gasteiger partial charge < -0.3 is 10.4 Å². The van der Waals surface area contributed by atoms with Crippen molar-refractivity contribution < 1.29 is 9.90 Å². The summed E-state index contributed by atoms with van der Waals surface area (Å²) in [5.41, 5.74) is 0.509. The van der Waals surface area contributed by atoms with E-state index in [1.807, 2.05) is 13.0 Å². The maximum atomic E-state index is 10.8. The van der Waals surface area contributed by atoms with E-state index in [9.17, 15) is 4.79 Å². The average molecular weight is 239 g/mol. The fraction of sp³-hybridized carbons (Fsp3) is 0.786. The highest BCUT2D eigenvalue weighted by atomic mass is 16.4. The standard InChI is InChI=1S/C14H25NO2/c1-4-11-6-7-13(10(11)3)15-9-8-12(5-2)14(16)17/h8,10-11,13,15H,4-7,9H2,1-3H3,(H,16,17)/b12-8-. The van der Waals surface area contributed by atoms with E-state index in [0.717, 1.165) is 5.92 Å². The van der Waals surface area contributed by atoms with Crippen LogP contribution in [0.2, 0.25) is 0 Å². The summed E-state index contributed by atoms with van der Waals surface area (Å²) >= 11 is 0. The van der Waals surface area contributed by atoms with Crippen molar-refractivity contribution in [1.82, 2.24) is 5.32 Å². The largest absolute Gasteiger partial charge is 0.478 e. The molecule has 0 spiro atoms. The molecule has 98 valence electrons. The molecule has 1 aliphatic rings. The van der Waals surface area contributed by atoms with E-state index in [0.29, 0.717) is 30.5 Å². The fourth-order valence-electron chi connectivity index (χ4n) is 2.83. The smallest absolute Gasteiger partial charge is 0.331 e. The van der Waals surface area contributed by atoms with Crippen molar-refractivity contribution in [3.8, 4) is 0 Å². The highest BCUT2D eigenvalue weighted by molar-refractivity contribution is 5.86. The number of nitrogens with one attached hydrogen (secondary N) is 1. The predicted molar refractivity (Wildman–Crippen MR) is 70.0 cm³/mol. The maximum Gasteiger partial charge on any atom is 0.331 e. The van der Waals surface area contributed by atoms with E-state index >= 15 is 0 Å². The third-order valence-electron chi connectivity index (χ3n) is 4.14. The van der Waals surface area contributed by atoms with Crippen molar-refractivity contribution in [3.63, 3.8) is 0 Å². The van der Waals surface area contributed by atoms with Crippen LogP contribution in [0, 0.1) is 11.8 Å². The third kappa shape index (κ3) is 3.84. The van der Waals surface area contributed by atoms with Gasteiger partial charge in [0.25, 0.3) is 0 Å². The van der Waals surface area contributed by atoms with Crippen molar-refractivity contribution in [3.05, 3.63) is 11.6 Å². The van der Waals surface area contributed by atoms with Crippen LogP contribution in [0.15, 0.2) is 11.6 Å². The van der Waals surface area contributed by atoms with Crippen molar-refractivity contribution in [2.45, 2.75) is 52.5 Å². The van der Waals surface area contributed by atoms with Gasteiger partial charge in [-0.25, -0.2) is 4.79 Å². The summed E-state index contributed by atoms with van der Waals surface area (Å²) in [5, 5.41) is 12.4. The quantitative estimate of drug-likeness (QED) is 0.701. The zero-order valence-corrected chi connectivity index (χ0v) is 11.2. The van der Waals surface area contributed by atoms with Crippen LogP contribution < -0.4 is 5.32 Å². The number of hydrogen-bond donors (Lipinski definition) is 2. The van der Waals surface area contributed by atoms with E-state index in [-0.39, 0.29) is 0 Å². The minimum atomic E-state index is -0.791. The van der Waals surface area contributed by atoms with E-state index < -0.39 is 5.97 Å². The van der Waals surface area contributed by atoms with Crippen molar-refractivity contribution in [2.75, 3.05) is 6.54 Å². The Labute approximate surface area is 104 Å². The summed E-state index contributed by atoms with van der Waals surface area (Å²) in [5.74, 6) is 0.755. The minimum absolute atomic E-state index is 0.509. The van der Waals surface area contributed by atoms with Crippen LogP contribution in [0.5, 0.6) is 0 Å². The Morgan fingerprint density at radius 3 is 2.59 bits per heavy atom. The molecule has 1 aliphatic carbocycles. The number of aliphatic carboxylic acids is 1. The molecule has 0 bridgehead atoms. The normalized spacial score (nSPS) is 29.6. The molecule has 1 saturated carbocycles. The lowest BCUT2D eigenvalue weighted by Crippen LogP contribution is -2.33. The van der Waals surface area contributed by atoms with Gasteiger partial charge in [-0.1, -0.05) is 33.3 Å². The van der Waals surface area contributed by atoms with Gasteiger partial charge in [0.05, 0.1) is 0 Å². The van der Waals surface area contributed by atoms with Gasteiger partial charge >= 0.3 is 5.97 Å². The van der Waals surface area contributed by atoms with E-state index in [1.165, 1.54) is 19.3 Å². The predicted octanol–water partition coefficient (Wildman–Crippen LogP) is 2.82. The second-order valence-corrected chi connectivity index (χ2v) is 5.01. The molecule has 0 aromatic rings. The van der Waals surface area contributed by atoms with Crippen LogP contribution in [-0.4, -0.2) is 23.7 Å². The van der Waals surface area contributed by atoms with Crippen molar-refractivity contribution >= 4 is 5.97 Å². The fourth-order valence-corrected chi connectivity index (χ4v) is 2.83. The van der Waals surface area contributed by atoms with Gasteiger partial charge in [-0.2, -0.15) is 0 Å². The third-order valence-corrected chi connectivity index (χ3v) is 4.14. The Balaban J connectivity index is 2.39. The number of carboxylic acids is 1. The first-order valence-electron chi connectivity index (χ1n) is 6.75. The number of hydrogen-bond acceptors (Lipinski definition) is 2. The molecule has 0 aromatic carbocycles. The van der Waals surface area contributed by atoms with Gasteiger partial charge in [0, 0.05) is 18.2 Å². The van der Waals surface area contributed by atoms with Crippen LogP contribution in [0.25, 0.3) is 0 Å². The molecule has 0 amide bonds. The van der Waals surface area contributed by atoms with Gasteiger partial charge in [0.15, 0.2) is 0 Å². The monoisotopic (exact) mass is 239 g/mol. The molecular formula is C14H25NO2. The molecular weight excluding hydrogens is 214 g/mol. The Morgan fingerprint density at radius 1 is 1.41 bits per heavy atom. The van der Waals surface area contributed by atoms with E-state index in [2.05, 4.69) is 19.2 Å². The highest BCUT2D eigenvalue weighted by Gasteiger charge is 2.30. The summed E-state index contributed by atoms with van der Waals surface area (Å²) in [6, 6.07) is 0.558. The second kappa shape index (κ2) is 6.80. The van der Waals surface area contributed by atoms with E-state index in [1.54, 1.807) is 0 Å². The molecule has 1 fully saturated rings. The van der Waals surface area contributed by atoms with Gasteiger partial charge in [-0.15, -0.1) is 0 Å².